The third-order valence-electron chi connectivity index (χ3n) is 30.8. The van der Waals surface area contributed by atoms with E-state index in [9.17, 15) is 0 Å². The molecule has 27 rings (SSSR count). The largest absolute Gasteiger partial charge is 0.339 e. The molecule has 3 unspecified atom stereocenters. The van der Waals surface area contributed by atoms with E-state index in [0.29, 0.717) is 17.8 Å². The zero-order chi connectivity index (χ0) is 99.6. The van der Waals surface area contributed by atoms with Crippen LogP contribution in [0.5, 0.6) is 0 Å². The molecular formula is C139H116IrN8-2. The summed E-state index contributed by atoms with van der Waals surface area (Å²) in [5, 5.41) is 17.3. The van der Waals surface area contributed by atoms with Crippen molar-refractivity contribution in [1.82, 2.24) is 37.0 Å². The first-order valence-corrected chi connectivity index (χ1v) is 52.3. The monoisotopic (exact) mass is 2090 g/mol. The molecule has 8 nitrogen and oxygen atoms in total. The summed E-state index contributed by atoms with van der Waals surface area (Å²) in [6, 6.07) is 159. The Balaban J connectivity index is 0.000000109. The van der Waals surface area contributed by atoms with Crippen molar-refractivity contribution in [3.8, 4) is 78.6 Å². The van der Waals surface area contributed by atoms with Crippen LogP contribution in [0.3, 0.4) is 0 Å². The first kappa shape index (κ1) is 95.0. The maximum Gasteiger partial charge on any atom is 0.0774 e. The number of rotatable bonds is 18. The Hall–Kier alpha value is -16.6. The summed E-state index contributed by atoms with van der Waals surface area (Å²) < 4.78 is 14.2. The molecule has 0 amide bonds. The van der Waals surface area contributed by atoms with Crippen molar-refractivity contribution in [1.29, 1.82) is 0 Å². The molecule has 0 N–H and O–H groups in total. The van der Waals surface area contributed by atoms with Gasteiger partial charge in [0, 0.05) is 120 Å². The van der Waals surface area contributed by atoms with Crippen LogP contribution >= 0.6 is 0 Å². The van der Waals surface area contributed by atoms with E-state index in [0.717, 1.165) is 52.7 Å². The topological polar surface area (TPSA) is 54.3 Å². The molecule has 148 heavy (non-hydrogen) atoms. The van der Waals surface area contributed by atoms with Gasteiger partial charge in [0.2, 0.25) is 0 Å². The minimum absolute atomic E-state index is 0. The maximum absolute atomic E-state index is 5.12. The molecule has 3 atom stereocenters. The third kappa shape index (κ3) is 17.5. The fourth-order valence-electron chi connectivity index (χ4n) is 22.9. The van der Waals surface area contributed by atoms with Gasteiger partial charge in [0.1, 0.15) is 0 Å². The van der Waals surface area contributed by atoms with Gasteiger partial charge in [-0.3, -0.25) is 9.97 Å². The SMILES string of the molecule is CCC(C)Cc1cc(-n2c3ccccc3c3ccccc32)cc(-n2c3ccccc3c3ccccc32)c1.CCC(C)Cc1ccc(-c2cc(C)c3c(c2)c2ccc[c-]c2c2nc(-c4ccccc4C)cn23)cc1.CCC(C)Cc1cccc(-n2c3ccccc3c3cc(-c4cccc(-n5c6ccccc6c6ccccc65)c4)ccc32)c1.Cc1ccccc1-c1cn2c(n1)c1[c-]cccc1c1cc(-c3ccccc3)cc(C)c12.[Ir]. The second kappa shape index (κ2) is 40.5. The fraction of sp³-hybridized carbons (Fsp3) is 0.137. The number of pyridine rings is 2. The molecule has 19 aromatic carbocycles. The number of hydrogen-bond acceptors (Lipinski definition) is 2. The molecule has 8 aromatic heterocycles. The van der Waals surface area contributed by atoms with Crippen LogP contribution < -0.4 is 0 Å². The van der Waals surface area contributed by atoms with Crippen LogP contribution in [-0.4, -0.2) is 37.0 Å². The Morgan fingerprint density at radius 3 is 0.993 bits per heavy atom. The molecule has 27 aromatic rings. The molecule has 0 spiro atoms. The van der Waals surface area contributed by atoms with Crippen molar-refractivity contribution in [2.45, 2.75) is 108 Å². The van der Waals surface area contributed by atoms with Gasteiger partial charge in [-0.15, -0.1) is 59.3 Å². The van der Waals surface area contributed by atoms with Crippen LogP contribution in [-0.2, 0) is 39.4 Å². The molecule has 0 aliphatic carbocycles. The van der Waals surface area contributed by atoms with E-state index in [1.54, 1.807) is 0 Å². The van der Waals surface area contributed by atoms with E-state index in [1.807, 2.05) is 12.1 Å². The molecule has 1 radical (unpaired) electrons. The van der Waals surface area contributed by atoms with E-state index < -0.39 is 0 Å². The maximum atomic E-state index is 5.12. The van der Waals surface area contributed by atoms with Gasteiger partial charge in [0.25, 0.3) is 0 Å². The Bertz CT molecular complexity index is 9440. The van der Waals surface area contributed by atoms with Gasteiger partial charge < -0.3 is 27.1 Å². The summed E-state index contributed by atoms with van der Waals surface area (Å²) >= 11 is 0. The summed E-state index contributed by atoms with van der Waals surface area (Å²) in [4.78, 5) is 10.2. The number of fused-ring (bicyclic) bond motifs is 24. The van der Waals surface area contributed by atoms with Gasteiger partial charge in [-0.1, -0.05) is 345 Å². The standard InChI is InChI=1S/C41H34N2.C35H30N2.C34H31N2.C29H21N2.Ir/c1-3-28(2)24-29-12-10-14-32(25-29)42-40-21-9-6-18-36(40)37-27-31(22-23-41(37)42)30-13-11-15-33(26-30)43-38-19-7-4-16-34(38)35-17-5-8-20-39(35)43;1-3-24(2)20-25-21-26(36-32-16-8-4-12-28(32)29-13-5-9-17-33(29)36)23-27(22-25)37-34-18-10-6-14-30(34)31-15-7-11-19-35(31)37;1-5-22(2)18-25-14-16-26(17-15-25)27-19-24(4)33-31(20-27)29-12-8-9-13-30(29)34-35-32(21-36(33)34)28-11-7-6-10-23(28)3;1-19-10-6-7-13-23(19)27-18-31-28-20(2)16-22(21-11-4-3-5-12-21)17-26(28)24-14-8-9-15-25(24)29(31)30-27;/h4-23,25-28H,3,24H2,1-2H3;4-19,21-24H,3,20H2,1-2H3;6-12,14-17,19-22H,5,18H2,1-4H3;3-14,16-18H,1-2H3;/q;;2*-1;. The van der Waals surface area contributed by atoms with Gasteiger partial charge in [-0.2, -0.15) is 0 Å². The Labute approximate surface area is 878 Å². The summed E-state index contributed by atoms with van der Waals surface area (Å²) in [6.07, 6.45) is 11.2. The first-order valence-electron chi connectivity index (χ1n) is 52.3. The van der Waals surface area contributed by atoms with Crippen molar-refractivity contribution in [3.63, 3.8) is 0 Å². The summed E-state index contributed by atoms with van der Waals surface area (Å²) in [5.41, 5.74) is 40.0. The number of hydrogen-bond donors (Lipinski definition) is 0. The molecule has 8 heterocycles. The Kier molecular flexibility index (Phi) is 26.0. The quantitative estimate of drug-likeness (QED) is 0.0635. The molecule has 0 aliphatic heterocycles. The number of para-hydroxylation sites is 7. The van der Waals surface area contributed by atoms with Crippen molar-refractivity contribution >= 4 is 142 Å². The zero-order valence-corrected chi connectivity index (χ0v) is 87.8. The normalized spacial score (nSPS) is 12.3. The molecule has 0 saturated carbocycles. The van der Waals surface area contributed by atoms with Crippen LogP contribution in [0, 0.1) is 57.6 Å². The predicted molar refractivity (Wildman–Crippen MR) is 624 cm³/mol. The smallest absolute Gasteiger partial charge is 0.0774 e. The number of aryl methyl sites for hydroxylation is 4. The second-order valence-corrected chi connectivity index (χ2v) is 40.6. The number of imidazole rings is 2. The first-order chi connectivity index (χ1) is 72.1. The van der Waals surface area contributed by atoms with Crippen LogP contribution in [0.1, 0.15) is 99.7 Å². The number of aromatic nitrogens is 8. The molecule has 0 bridgehead atoms. The van der Waals surface area contributed by atoms with Gasteiger partial charge in [0.15, 0.2) is 0 Å². The van der Waals surface area contributed by atoms with Crippen molar-refractivity contribution in [2.75, 3.05) is 0 Å². The zero-order valence-electron chi connectivity index (χ0n) is 85.4. The molecule has 9 heteroatoms. The number of nitrogens with zero attached hydrogens (tertiary/aromatic N) is 8. The molecular weight excluding hydrogens is 1970 g/mol. The molecule has 723 valence electrons. The average Bonchev–Trinajstić information content (AvgIpc) is 1.40. The van der Waals surface area contributed by atoms with E-state index in [-0.39, 0.29) is 20.1 Å². The van der Waals surface area contributed by atoms with E-state index in [1.165, 1.54) is 245 Å². The van der Waals surface area contributed by atoms with Gasteiger partial charge in [-0.05, 0) is 257 Å². The van der Waals surface area contributed by atoms with Crippen LogP contribution in [0.25, 0.3) is 221 Å². The second-order valence-electron chi connectivity index (χ2n) is 40.6. The van der Waals surface area contributed by atoms with Crippen LogP contribution in [0.2, 0.25) is 0 Å². The van der Waals surface area contributed by atoms with Crippen LogP contribution in [0.15, 0.2) is 431 Å². The van der Waals surface area contributed by atoms with Gasteiger partial charge in [0.05, 0.1) is 66.8 Å². The minimum Gasteiger partial charge on any atom is -0.339 e. The Morgan fingerprint density at radius 2 is 0.561 bits per heavy atom. The van der Waals surface area contributed by atoms with E-state index in [4.69, 9.17) is 9.97 Å². The van der Waals surface area contributed by atoms with E-state index >= 15 is 0 Å². The summed E-state index contributed by atoms with van der Waals surface area (Å²) in [7, 11) is 0. The Morgan fingerprint density at radius 1 is 0.236 bits per heavy atom. The van der Waals surface area contributed by atoms with Crippen molar-refractivity contribution in [2.24, 2.45) is 17.8 Å². The predicted octanol–water partition coefficient (Wildman–Crippen LogP) is 37.0. The molecule has 0 saturated heterocycles. The summed E-state index contributed by atoms with van der Waals surface area (Å²) in [5.74, 6) is 2.01. The van der Waals surface area contributed by atoms with Gasteiger partial charge >= 0.3 is 0 Å². The minimum atomic E-state index is 0. The average molecular weight is 2090 g/mol. The van der Waals surface area contributed by atoms with Gasteiger partial charge in [-0.25, -0.2) is 0 Å². The van der Waals surface area contributed by atoms with Crippen molar-refractivity contribution in [3.05, 3.63) is 482 Å². The van der Waals surface area contributed by atoms with Crippen LogP contribution in [0.4, 0.5) is 0 Å². The molecule has 0 aliphatic rings. The number of benzene rings is 19. The fourth-order valence-corrected chi connectivity index (χ4v) is 22.9. The third-order valence-corrected chi connectivity index (χ3v) is 30.8. The summed E-state index contributed by atoms with van der Waals surface area (Å²) in [6.45, 7) is 22.5. The van der Waals surface area contributed by atoms with Crippen molar-refractivity contribution < 1.29 is 20.1 Å². The van der Waals surface area contributed by atoms with E-state index in [2.05, 4.69) is 527 Å². The molecule has 0 fully saturated rings.